The number of halogens is 2. The second-order valence-corrected chi connectivity index (χ2v) is 5.33. The Morgan fingerprint density at radius 3 is 2.48 bits per heavy atom. The lowest BCUT2D eigenvalue weighted by Gasteiger charge is -2.14. The number of quaternary nitrogens is 1. The molecule has 2 rings (SSSR count). The zero-order chi connectivity index (χ0) is 16.8. The van der Waals surface area contributed by atoms with E-state index in [0.29, 0.717) is 12.2 Å². The SMILES string of the molecule is COc1ccc(C[NH+](C)CC(=O)Nc2ccc(F)cc2)cc1F. The predicted molar refractivity (Wildman–Crippen MR) is 83.4 cm³/mol. The molecule has 1 unspecified atom stereocenters. The van der Waals surface area contributed by atoms with Gasteiger partial charge in [0.25, 0.3) is 5.91 Å². The third-order valence-electron chi connectivity index (χ3n) is 3.31. The van der Waals surface area contributed by atoms with E-state index in [1.54, 1.807) is 12.1 Å². The highest BCUT2D eigenvalue weighted by molar-refractivity contribution is 5.91. The van der Waals surface area contributed by atoms with Crippen LogP contribution in [-0.4, -0.2) is 26.6 Å². The Labute approximate surface area is 133 Å². The second-order valence-electron chi connectivity index (χ2n) is 5.33. The van der Waals surface area contributed by atoms with E-state index in [4.69, 9.17) is 4.74 Å². The fraction of sp³-hybridized carbons (Fsp3) is 0.235. The molecule has 1 atom stereocenters. The van der Waals surface area contributed by atoms with E-state index in [0.717, 1.165) is 10.5 Å². The summed E-state index contributed by atoms with van der Waals surface area (Å²) in [5, 5.41) is 2.69. The Hall–Kier alpha value is -2.47. The summed E-state index contributed by atoms with van der Waals surface area (Å²) in [4.78, 5) is 12.8. The molecule has 6 heteroatoms. The zero-order valence-corrected chi connectivity index (χ0v) is 13.0. The normalized spacial score (nSPS) is 11.8. The van der Waals surface area contributed by atoms with Gasteiger partial charge in [-0.2, -0.15) is 0 Å². The van der Waals surface area contributed by atoms with Crippen LogP contribution in [0.3, 0.4) is 0 Å². The van der Waals surface area contributed by atoms with Crippen LogP contribution in [0.5, 0.6) is 5.75 Å². The molecule has 0 fully saturated rings. The summed E-state index contributed by atoms with van der Waals surface area (Å²) in [6.07, 6.45) is 0. The molecule has 0 radical (unpaired) electrons. The van der Waals surface area contributed by atoms with Crippen molar-refractivity contribution in [1.29, 1.82) is 0 Å². The quantitative estimate of drug-likeness (QED) is 0.849. The average molecular weight is 321 g/mol. The molecule has 122 valence electrons. The summed E-state index contributed by atoms with van der Waals surface area (Å²) in [7, 11) is 3.25. The number of ether oxygens (including phenoxy) is 1. The van der Waals surface area contributed by atoms with Crippen LogP contribution in [0.1, 0.15) is 5.56 Å². The van der Waals surface area contributed by atoms with Crippen LogP contribution in [0, 0.1) is 11.6 Å². The number of hydrogen-bond donors (Lipinski definition) is 2. The van der Waals surface area contributed by atoms with Crippen molar-refractivity contribution in [1.82, 2.24) is 0 Å². The zero-order valence-electron chi connectivity index (χ0n) is 13.0. The maximum absolute atomic E-state index is 13.6. The Morgan fingerprint density at radius 1 is 1.17 bits per heavy atom. The number of likely N-dealkylation sites (N-methyl/N-ethyl adjacent to an activating group) is 1. The van der Waals surface area contributed by atoms with E-state index in [-0.39, 0.29) is 24.0 Å². The van der Waals surface area contributed by atoms with Gasteiger partial charge in [-0.1, -0.05) is 0 Å². The minimum absolute atomic E-state index is 0.192. The van der Waals surface area contributed by atoms with Gasteiger partial charge < -0.3 is 15.0 Å². The highest BCUT2D eigenvalue weighted by Gasteiger charge is 2.12. The Bertz CT molecular complexity index is 675. The number of carbonyl (C=O) groups is 1. The van der Waals surface area contributed by atoms with E-state index in [9.17, 15) is 13.6 Å². The van der Waals surface area contributed by atoms with Crippen LogP contribution < -0.4 is 15.0 Å². The highest BCUT2D eigenvalue weighted by Crippen LogP contribution is 2.17. The molecule has 0 saturated carbocycles. The molecule has 0 heterocycles. The number of amides is 1. The van der Waals surface area contributed by atoms with Crippen molar-refractivity contribution in [2.75, 3.05) is 26.0 Å². The number of anilines is 1. The summed E-state index contributed by atoms with van der Waals surface area (Å²) >= 11 is 0. The van der Waals surface area contributed by atoms with Crippen LogP contribution in [0.2, 0.25) is 0 Å². The minimum atomic E-state index is -0.423. The molecule has 2 N–H and O–H groups in total. The molecule has 0 aliphatic heterocycles. The van der Waals surface area contributed by atoms with Crippen molar-refractivity contribution in [2.24, 2.45) is 0 Å². The van der Waals surface area contributed by atoms with Crippen molar-refractivity contribution in [3.05, 3.63) is 59.7 Å². The first kappa shape index (κ1) is 16.9. The first-order valence-electron chi connectivity index (χ1n) is 7.17. The van der Waals surface area contributed by atoms with Crippen molar-refractivity contribution < 1.29 is 23.2 Å². The first-order chi connectivity index (χ1) is 11.0. The predicted octanol–water partition coefficient (Wildman–Crippen LogP) is 1.63. The van der Waals surface area contributed by atoms with Crippen LogP contribution in [0.25, 0.3) is 0 Å². The molecule has 4 nitrogen and oxygen atoms in total. The van der Waals surface area contributed by atoms with Crippen molar-refractivity contribution in [3.8, 4) is 5.75 Å². The minimum Gasteiger partial charge on any atom is -0.494 e. The van der Waals surface area contributed by atoms with Gasteiger partial charge in [0.05, 0.1) is 14.2 Å². The molecule has 0 aliphatic rings. The van der Waals surface area contributed by atoms with Gasteiger partial charge >= 0.3 is 0 Å². The topological polar surface area (TPSA) is 42.8 Å². The summed E-state index contributed by atoms with van der Waals surface area (Å²) in [6.45, 7) is 0.711. The Morgan fingerprint density at radius 2 is 1.87 bits per heavy atom. The van der Waals surface area contributed by atoms with Gasteiger partial charge in [-0.15, -0.1) is 0 Å². The molecular weight excluding hydrogens is 302 g/mol. The van der Waals surface area contributed by atoms with Crippen LogP contribution in [0.15, 0.2) is 42.5 Å². The number of rotatable bonds is 6. The van der Waals surface area contributed by atoms with Gasteiger partial charge in [0.1, 0.15) is 12.4 Å². The maximum Gasteiger partial charge on any atom is 0.279 e. The summed E-state index contributed by atoms with van der Waals surface area (Å²) < 4.78 is 31.3. The number of hydrogen-bond acceptors (Lipinski definition) is 2. The van der Waals surface area contributed by atoms with Crippen LogP contribution in [0.4, 0.5) is 14.5 Å². The van der Waals surface area contributed by atoms with Crippen molar-refractivity contribution in [3.63, 3.8) is 0 Å². The molecule has 0 spiro atoms. The summed E-state index contributed by atoms with van der Waals surface area (Å²) in [5.74, 6) is -0.774. The van der Waals surface area contributed by atoms with Gasteiger partial charge in [0.2, 0.25) is 0 Å². The second kappa shape index (κ2) is 7.69. The molecule has 0 aromatic heterocycles. The van der Waals surface area contributed by atoms with Gasteiger partial charge in [-0.3, -0.25) is 4.79 Å². The van der Waals surface area contributed by atoms with Gasteiger partial charge in [-0.05, 0) is 42.5 Å². The van der Waals surface area contributed by atoms with Crippen molar-refractivity contribution in [2.45, 2.75) is 6.54 Å². The van der Waals surface area contributed by atoms with Crippen LogP contribution >= 0.6 is 0 Å². The fourth-order valence-corrected chi connectivity index (χ4v) is 2.24. The lowest BCUT2D eigenvalue weighted by Crippen LogP contribution is -3.08. The van der Waals surface area contributed by atoms with Gasteiger partial charge in [0, 0.05) is 11.3 Å². The highest BCUT2D eigenvalue weighted by atomic mass is 19.1. The van der Waals surface area contributed by atoms with Crippen LogP contribution in [-0.2, 0) is 11.3 Å². The van der Waals surface area contributed by atoms with E-state index >= 15 is 0 Å². The largest absolute Gasteiger partial charge is 0.494 e. The van der Waals surface area contributed by atoms with Gasteiger partial charge in [0.15, 0.2) is 18.1 Å². The monoisotopic (exact) mass is 321 g/mol. The number of nitrogens with one attached hydrogen (secondary N) is 2. The average Bonchev–Trinajstić information content (AvgIpc) is 2.49. The lowest BCUT2D eigenvalue weighted by atomic mass is 10.2. The van der Waals surface area contributed by atoms with Gasteiger partial charge in [-0.25, -0.2) is 8.78 Å². The molecular formula is C17H19F2N2O2+. The fourth-order valence-electron chi connectivity index (χ4n) is 2.24. The number of benzene rings is 2. The molecule has 1 amide bonds. The standard InChI is InChI=1S/C17H18F2N2O2/c1-21(10-12-3-8-16(23-2)15(19)9-12)11-17(22)20-14-6-4-13(18)5-7-14/h3-9H,10-11H2,1-2H3,(H,20,22)/p+1. The Balaban J connectivity index is 1.88. The molecule has 0 saturated heterocycles. The van der Waals surface area contributed by atoms with E-state index < -0.39 is 5.82 Å². The molecule has 0 aliphatic carbocycles. The molecule has 23 heavy (non-hydrogen) atoms. The van der Waals surface area contributed by atoms with E-state index in [1.165, 1.54) is 37.4 Å². The summed E-state index contributed by atoms with van der Waals surface area (Å²) in [5.41, 5.74) is 1.31. The van der Waals surface area contributed by atoms with Crippen molar-refractivity contribution >= 4 is 11.6 Å². The Kier molecular flexibility index (Phi) is 5.65. The maximum atomic E-state index is 13.6. The number of methoxy groups -OCH3 is 1. The lowest BCUT2D eigenvalue weighted by molar-refractivity contribution is -0.885. The molecule has 2 aromatic rings. The third kappa shape index (κ3) is 5.03. The van der Waals surface area contributed by atoms with E-state index in [1.807, 2.05) is 7.05 Å². The molecule has 2 aromatic carbocycles. The summed E-state index contributed by atoms with van der Waals surface area (Å²) in [6, 6.07) is 10.3. The third-order valence-corrected chi connectivity index (χ3v) is 3.31. The first-order valence-corrected chi connectivity index (χ1v) is 7.17. The van der Waals surface area contributed by atoms with E-state index in [2.05, 4.69) is 5.32 Å². The molecule has 0 bridgehead atoms. The number of carbonyl (C=O) groups excluding carboxylic acids is 1. The smallest absolute Gasteiger partial charge is 0.279 e.